The summed E-state index contributed by atoms with van der Waals surface area (Å²) in [4.78, 5) is 79.2. The Labute approximate surface area is 733 Å². The van der Waals surface area contributed by atoms with Gasteiger partial charge in [-0.05, 0) is 269 Å². The highest BCUT2D eigenvalue weighted by Gasteiger charge is 2.27. The van der Waals surface area contributed by atoms with Gasteiger partial charge in [0, 0.05) is 79.3 Å². The van der Waals surface area contributed by atoms with Crippen LogP contribution in [0.4, 0.5) is 0 Å². The minimum absolute atomic E-state index is 0.0639. The standard InChI is InChI=1S/C18H16N2O3.C18H16N2O2S.C16H18N2OS.2C14H10N2OS2.C14H14N2OS/c2*1-22-16-7-4-14(5-8-16)13-18(21)20-11-10-15(19-20)6-9-17-3-2-12-23-17;19-16(12-13-4-1-2-5-13)18-10-9-14(17-18)7-8-15-6-3-11-20-15;17-14(13-4-2-10-19-13)16-8-7-11(15-16)5-6-12-3-1-9-18-12;17-14(11-6-9-18-10-11)16-7-5-12(15-16)3-4-13-2-1-8-19-13;17-14(11-3-1-4-11)16-9-8-12(15-16)6-7-13-5-2-10-18-13/h2*2-12H,13H2,1H3;3,6-11,13H,1-2,4-5,12H2;2*1-10H;2,5-11H,1,3-4H2/b2*9-6+;8-7+;6-5+;4-3+;7-6+. The number of nitrogens with zero attached hydrogens (tertiary/aromatic N) is 12. The highest BCUT2D eigenvalue weighted by molar-refractivity contribution is 7.12. The van der Waals surface area contributed by atoms with Crippen LogP contribution >= 0.6 is 79.4 Å². The summed E-state index contributed by atoms with van der Waals surface area (Å²) in [5, 5.41) is 41.5. The van der Waals surface area contributed by atoms with Gasteiger partial charge in [-0.3, -0.25) is 28.8 Å². The van der Waals surface area contributed by atoms with Crippen LogP contribution < -0.4 is 9.47 Å². The van der Waals surface area contributed by atoms with Crippen LogP contribution in [-0.4, -0.2) is 108 Å². The number of hydrogen-bond donors (Lipinski definition) is 0. The van der Waals surface area contributed by atoms with Crippen molar-refractivity contribution in [3.8, 4) is 11.5 Å². The summed E-state index contributed by atoms with van der Waals surface area (Å²) in [7, 11) is 3.23. The summed E-state index contributed by atoms with van der Waals surface area (Å²) < 4.78 is 23.9. The number of thiophene rings is 7. The lowest BCUT2D eigenvalue weighted by atomic mass is 9.85. The van der Waals surface area contributed by atoms with Crippen LogP contribution in [0.25, 0.3) is 72.9 Å². The molecule has 21 nitrogen and oxygen atoms in total. The van der Waals surface area contributed by atoms with E-state index in [0.29, 0.717) is 34.9 Å². The van der Waals surface area contributed by atoms with Crippen LogP contribution in [0, 0.1) is 11.8 Å². The molecule has 0 aliphatic heterocycles. The van der Waals surface area contributed by atoms with Gasteiger partial charge in [0.25, 0.3) is 23.6 Å². The van der Waals surface area contributed by atoms with Gasteiger partial charge in [0.2, 0.25) is 11.8 Å². The number of methoxy groups -OCH3 is 2. The Bertz CT molecular complexity index is 5800. The van der Waals surface area contributed by atoms with E-state index >= 15 is 0 Å². The number of benzene rings is 2. The smallest absolute Gasteiger partial charge is 0.288 e. The molecule has 0 atom stereocenters. The van der Waals surface area contributed by atoms with Crippen molar-refractivity contribution in [2.75, 3.05) is 14.2 Å². The number of rotatable bonds is 23. The summed E-state index contributed by atoms with van der Waals surface area (Å²) in [5.74, 6) is 2.96. The second-order valence-electron chi connectivity index (χ2n) is 27.4. The van der Waals surface area contributed by atoms with E-state index in [0.717, 1.165) is 74.6 Å². The number of carbonyl (C=O) groups excluding carboxylic acids is 6. The Balaban J connectivity index is 0.000000126. The van der Waals surface area contributed by atoms with E-state index in [4.69, 9.17) is 13.9 Å². The molecule has 2 aromatic carbocycles. The summed E-state index contributed by atoms with van der Waals surface area (Å²) in [5.41, 5.74) is 7.19. The van der Waals surface area contributed by atoms with Crippen LogP contribution in [0.15, 0.2) is 267 Å². The molecular formula is C94H84N12O9S7. The first-order valence-corrected chi connectivity index (χ1v) is 45.2. The van der Waals surface area contributed by atoms with Crippen molar-refractivity contribution in [3.63, 3.8) is 0 Å². The predicted molar refractivity (Wildman–Crippen MR) is 495 cm³/mol. The number of furan rings is 1. The third-order valence-electron chi connectivity index (χ3n) is 18.8. The largest absolute Gasteiger partial charge is 0.497 e. The van der Waals surface area contributed by atoms with Gasteiger partial charge < -0.3 is 13.9 Å². The Morgan fingerprint density at radius 2 is 0.746 bits per heavy atom. The first-order valence-electron chi connectivity index (χ1n) is 39.0. The first kappa shape index (κ1) is 86.8. The SMILES string of the molecule is COc1ccc(CC(=O)n2ccc(/C=C/c3ccco3)n2)cc1.COc1ccc(CC(=O)n2ccc(/C=C/c3cccs3)n2)cc1.O=C(C1CCC1)n1ccc(/C=C/c2cccs2)n1.O=C(CC1CCCC1)n1ccc(/C=C/c2cccs2)n1.O=C(c1cccs1)n1ccc(/C=C/c2cccs2)n1.O=C(c1ccsc1)n1ccc(/C=C/c2cccs2)n1. The molecule has 2 aliphatic rings. The minimum atomic E-state index is -0.1000. The van der Waals surface area contributed by atoms with E-state index in [9.17, 15) is 28.8 Å². The molecule has 0 spiro atoms. The van der Waals surface area contributed by atoms with E-state index in [1.54, 1.807) is 145 Å². The molecule has 0 amide bonds. The molecule has 14 heterocycles. The summed E-state index contributed by atoms with van der Waals surface area (Å²) in [6.45, 7) is 0. The maximum absolute atomic E-state index is 12.3. The number of hydrogen-bond acceptors (Lipinski definition) is 22. The highest BCUT2D eigenvalue weighted by atomic mass is 32.1. The normalized spacial score (nSPS) is 12.6. The fraction of sp³-hybridized carbons (Fsp3) is 0.149. The third-order valence-corrected chi connectivity index (χ3v) is 24.5. The molecule has 122 heavy (non-hydrogen) atoms. The van der Waals surface area contributed by atoms with Gasteiger partial charge in [0.05, 0.1) is 77.9 Å². The molecule has 2 aliphatic carbocycles. The van der Waals surface area contributed by atoms with Crippen molar-refractivity contribution in [1.29, 1.82) is 0 Å². The van der Waals surface area contributed by atoms with Gasteiger partial charge >= 0.3 is 0 Å². The van der Waals surface area contributed by atoms with Crippen molar-refractivity contribution in [3.05, 3.63) is 348 Å². The Hall–Kier alpha value is -13.1. The Morgan fingerprint density at radius 1 is 0.369 bits per heavy atom. The highest BCUT2D eigenvalue weighted by Crippen LogP contribution is 2.30. The average molecular weight is 1750 g/mol. The molecule has 14 aromatic heterocycles. The van der Waals surface area contributed by atoms with E-state index in [1.807, 2.05) is 249 Å². The Morgan fingerprint density at radius 3 is 1.11 bits per heavy atom. The van der Waals surface area contributed by atoms with Gasteiger partial charge in [0.1, 0.15) is 17.3 Å². The molecule has 18 rings (SSSR count). The van der Waals surface area contributed by atoms with E-state index < -0.39 is 0 Å². The molecule has 0 N–H and O–H groups in total. The number of aromatic nitrogens is 12. The lowest BCUT2D eigenvalue weighted by Crippen LogP contribution is -2.27. The molecule has 0 radical (unpaired) electrons. The van der Waals surface area contributed by atoms with E-state index in [2.05, 4.69) is 42.7 Å². The van der Waals surface area contributed by atoms with Gasteiger partial charge in [0.15, 0.2) is 0 Å². The molecule has 16 aromatic rings. The second kappa shape index (κ2) is 45.4. The zero-order valence-corrected chi connectivity index (χ0v) is 72.2. The van der Waals surface area contributed by atoms with Gasteiger partial charge in [-0.1, -0.05) is 79.9 Å². The predicted octanol–water partition coefficient (Wildman–Crippen LogP) is 23.2. The average Bonchev–Trinajstić information content (AvgIpc) is 1.71. The molecule has 0 unspecified atom stereocenters. The number of carbonyl (C=O) groups is 6. The molecule has 616 valence electrons. The van der Waals surface area contributed by atoms with Crippen molar-refractivity contribution in [2.24, 2.45) is 11.8 Å². The summed E-state index contributed by atoms with van der Waals surface area (Å²) >= 11 is 11.3. The van der Waals surface area contributed by atoms with Crippen LogP contribution in [-0.2, 0) is 12.8 Å². The van der Waals surface area contributed by atoms with Crippen molar-refractivity contribution in [2.45, 2.75) is 64.2 Å². The molecule has 2 saturated carbocycles. The molecular weight excluding hydrogens is 1670 g/mol. The van der Waals surface area contributed by atoms with Crippen LogP contribution in [0.5, 0.6) is 11.5 Å². The van der Waals surface area contributed by atoms with Crippen LogP contribution in [0.1, 0.15) is 166 Å². The molecule has 28 heteroatoms. The third kappa shape index (κ3) is 26.7. The lowest BCUT2D eigenvalue weighted by molar-refractivity contribution is 0.0745. The maximum atomic E-state index is 12.3. The monoisotopic (exact) mass is 1750 g/mol. The summed E-state index contributed by atoms with van der Waals surface area (Å²) in [6.07, 6.45) is 44.5. The van der Waals surface area contributed by atoms with Crippen LogP contribution in [0.2, 0.25) is 0 Å². The minimum Gasteiger partial charge on any atom is -0.497 e. The van der Waals surface area contributed by atoms with Crippen LogP contribution in [0.3, 0.4) is 0 Å². The second-order valence-corrected chi connectivity index (χ2v) is 34.0. The van der Waals surface area contributed by atoms with Crippen molar-refractivity contribution in [1.82, 2.24) is 58.7 Å². The van der Waals surface area contributed by atoms with Gasteiger partial charge in [-0.25, -0.2) is 28.1 Å². The van der Waals surface area contributed by atoms with E-state index in [1.165, 1.54) is 102 Å². The fourth-order valence-corrected chi connectivity index (χ4v) is 16.5. The fourth-order valence-electron chi connectivity index (χ4n) is 12.1. The molecule has 0 saturated heterocycles. The quantitative estimate of drug-likeness (QED) is 0.0578. The Kier molecular flexibility index (Phi) is 32.3. The molecule has 2 fully saturated rings. The zero-order valence-electron chi connectivity index (χ0n) is 66.5. The lowest BCUT2D eigenvalue weighted by Gasteiger charge is -2.22. The van der Waals surface area contributed by atoms with Crippen molar-refractivity contribution < 1.29 is 42.7 Å². The summed E-state index contributed by atoms with van der Waals surface area (Å²) in [6, 6.07) is 55.3. The van der Waals surface area contributed by atoms with Gasteiger partial charge in [-0.15, -0.1) is 68.0 Å². The topological polar surface area (TPSA) is 241 Å². The maximum Gasteiger partial charge on any atom is 0.288 e. The van der Waals surface area contributed by atoms with Gasteiger partial charge in [-0.2, -0.15) is 41.9 Å². The van der Waals surface area contributed by atoms with E-state index in [-0.39, 0.29) is 47.8 Å². The number of ether oxygens (including phenoxy) is 2. The molecule has 0 bridgehead atoms. The van der Waals surface area contributed by atoms with Crippen molar-refractivity contribution >= 4 is 188 Å². The first-order chi connectivity index (χ1) is 59.8. The zero-order chi connectivity index (χ0) is 84.5.